The fourth-order valence-corrected chi connectivity index (χ4v) is 2.04. The minimum atomic E-state index is 0.537. The molecule has 2 atom stereocenters. The Balaban J connectivity index is 1.98. The predicted octanol–water partition coefficient (Wildman–Crippen LogP) is 1.44. The van der Waals surface area contributed by atoms with Crippen LogP contribution in [0.25, 0.3) is 0 Å². The highest BCUT2D eigenvalue weighted by atomic mass is 15.2. The molecule has 1 fully saturated rings. The smallest absolute Gasteiger partial charge is 0.126 e. The highest BCUT2D eigenvalue weighted by Crippen LogP contribution is 2.18. The van der Waals surface area contributed by atoms with Crippen LogP contribution in [0.15, 0.2) is 24.4 Å². The fraction of sp³-hybridized carbons (Fsp3) is 0.545. The Kier molecular flexibility index (Phi) is 2.68. The molecule has 1 aliphatic rings. The van der Waals surface area contributed by atoms with E-state index < -0.39 is 0 Å². The number of nitrogens with one attached hydrogen (secondary N) is 1. The zero-order valence-electron chi connectivity index (χ0n) is 8.77. The molecule has 1 aliphatic heterocycles. The second kappa shape index (κ2) is 3.96. The first-order chi connectivity index (χ1) is 6.75. The van der Waals surface area contributed by atoms with Crippen LogP contribution in [0, 0.1) is 5.92 Å². The molecular weight excluding hydrogens is 174 g/mol. The van der Waals surface area contributed by atoms with E-state index in [1.54, 1.807) is 0 Å². The summed E-state index contributed by atoms with van der Waals surface area (Å²) >= 11 is 0. The number of aromatic nitrogens is 1. The highest BCUT2D eigenvalue weighted by molar-refractivity contribution is 5.35. The Bertz CT molecular complexity index is 286. The summed E-state index contributed by atoms with van der Waals surface area (Å²) < 4.78 is 0. The van der Waals surface area contributed by atoms with Crippen molar-refractivity contribution in [1.29, 1.82) is 0 Å². The molecule has 0 aromatic carbocycles. The Morgan fingerprint density at radius 1 is 1.43 bits per heavy atom. The molecule has 1 aromatic heterocycles. The van der Waals surface area contributed by atoms with Gasteiger partial charge in [0.1, 0.15) is 5.82 Å². The molecule has 0 amide bonds. The van der Waals surface area contributed by atoms with Crippen LogP contribution in [-0.4, -0.2) is 36.1 Å². The quantitative estimate of drug-likeness (QED) is 0.766. The molecule has 0 spiro atoms. The van der Waals surface area contributed by atoms with E-state index >= 15 is 0 Å². The molecule has 0 saturated carbocycles. The Morgan fingerprint density at radius 3 is 2.86 bits per heavy atom. The lowest BCUT2D eigenvalue weighted by Crippen LogP contribution is -2.27. The van der Waals surface area contributed by atoms with Gasteiger partial charge in [-0.05, 0) is 25.1 Å². The van der Waals surface area contributed by atoms with Gasteiger partial charge < -0.3 is 10.2 Å². The summed E-state index contributed by atoms with van der Waals surface area (Å²) in [5.41, 5.74) is 0. The maximum absolute atomic E-state index is 4.27. The van der Waals surface area contributed by atoms with Gasteiger partial charge in [-0.2, -0.15) is 0 Å². The van der Waals surface area contributed by atoms with Crippen molar-refractivity contribution in [2.75, 3.05) is 25.5 Å². The van der Waals surface area contributed by atoms with E-state index in [-0.39, 0.29) is 0 Å². The molecule has 76 valence electrons. The topological polar surface area (TPSA) is 28.2 Å². The first-order valence-electron chi connectivity index (χ1n) is 5.12. The van der Waals surface area contributed by atoms with Gasteiger partial charge in [-0.3, -0.25) is 0 Å². The molecule has 3 heteroatoms. The highest BCUT2D eigenvalue weighted by Gasteiger charge is 2.26. The van der Waals surface area contributed by atoms with Gasteiger partial charge in [-0.1, -0.05) is 13.0 Å². The summed E-state index contributed by atoms with van der Waals surface area (Å²) in [4.78, 5) is 6.62. The van der Waals surface area contributed by atoms with Crippen molar-refractivity contribution >= 4 is 5.82 Å². The SMILES string of the molecule is CC1CN(C)CC1Nc1ccccn1. The number of hydrogen-bond donors (Lipinski definition) is 1. The minimum absolute atomic E-state index is 0.537. The van der Waals surface area contributed by atoms with Crippen molar-refractivity contribution in [3.8, 4) is 0 Å². The van der Waals surface area contributed by atoms with Crippen molar-refractivity contribution < 1.29 is 0 Å². The Labute approximate surface area is 85.1 Å². The normalized spacial score (nSPS) is 27.9. The van der Waals surface area contributed by atoms with Gasteiger partial charge in [-0.15, -0.1) is 0 Å². The molecule has 0 radical (unpaired) electrons. The number of hydrogen-bond acceptors (Lipinski definition) is 3. The van der Waals surface area contributed by atoms with Crippen LogP contribution in [0.1, 0.15) is 6.92 Å². The first kappa shape index (κ1) is 9.46. The van der Waals surface area contributed by atoms with Crippen LogP contribution in [0.3, 0.4) is 0 Å². The molecule has 1 aromatic rings. The van der Waals surface area contributed by atoms with Crippen LogP contribution in [-0.2, 0) is 0 Å². The molecule has 1 saturated heterocycles. The van der Waals surface area contributed by atoms with Gasteiger partial charge in [0.2, 0.25) is 0 Å². The second-order valence-electron chi connectivity index (χ2n) is 4.16. The number of nitrogens with zero attached hydrogens (tertiary/aromatic N) is 2. The lowest BCUT2D eigenvalue weighted by Gasteiger charge is -2.16. The maximum Gasteiger partial charge on any atom is 0.126 e. The van der Waals surface area contributed by atoms with Crippen LogP contribution in [0.5, 0.6) is 0 Å². The summed E-state index contributed by atoms with van der Waals surface area (Å²) in [6, 6.07) is 6.51. The van der Waals surface area contributed by atoms with Crippen LogP contribution in [0.4, 0.5) is 5.82 Å². The summed E-state index contributed by atoms with van der Waals surface area (Å²) in [5.74, 6) is 1.68. The molecule has 0 aliphatic carbocycles. The van der Waals surface area contributed by atoms with Gasteiger partial charge in [0.05, 0.1) is 0 Å². The van der Waals surface area contributed by atoms with Gasteiger partial charge in [0.25, 0.3) is 0 Å². The van der Waals surface area contributed by atoms with Crippen molar-refractivity contribution in [3.63, 3.8) is 0 Å². The second-order valence-corrected chi connectivity index (χ2v) is 4.16. The molecule has 0 bridgehead atoms. The first-order valence-corrected chi connectivity index (χ1v) is 5.12. The number of anilines is 1. The molecule has 2 unspecified atom stereocenters. The predicted molar refractivity (Wildman–Crippen MR) is 58.3 cm³/mol. The van der Waals surface area contributed by atoms with E-state index in [1.807, 2.05) is 24.4 Å². The number of likely N-dealkylation sites (N-methyl/N-ethyl adjacent to an activating group) is 1. The average molecular weight is 191 g/mol. The van der Waals surface area contributed by atoms with E-state index in [0.717, 1.165) is 12.4 Å². The van der Waals surface area contributed by atoms with Crippen molar-refractivity contribution in [3.05, 3.63) is 24.4 Å². The monoisotopic (exact) mass is 191 g/mol. The van der Waals surface area contributed by atoms with E-state index in [4.69, 9.17) is 0 Å². The lowest BCUT2D eigenvalue weighted by molar-refractivity contribution is 0.401. The van der Waals surface area contributed by atoms with Gasteiger partial charge >= 0.3 is 0 Å². The van der Waals surface area contributed by atoms with E-state index in [1.165, 1.54) is 6.54 Å². The standard InChI is InChI=1S/C11H17N3/c1-9-7-14(2)8-10(9)13-11-5-3-4-6-12-11/h3-6,9-10H,7-8H2,1-2H3,(H,12,13). The zero-order chi connectivity index (χ0) is 9.97. The Morgan fingerprint density at radius 2 is 2.29 bits per heavy atom. The van der Waals surface area contributed by atoms with Gasteiger partial charge in [-0.25, -0.2) is 4.98 Å². The van der Waals surface area contributed by atoms with Crippen LogP contribution in [0.2, 0.25) is 0 Å². The van der Waals surface area contributed by atoms with E-state index in [0.29, 0.717) is 12.0 Å². The van der Waals surface area contributed by atoms with E-state index in [9.17, 15) is 0 Å². The van der Waals surface area contributed by atoms with Crippen molar-refractivity contribution in [1.82, 2.24) is 9.88 Å². The molecule has 14 heavy (non-hydrogen) atoms. The van der Waals surface area contributed by atoms with Crippen LogP contribution >= 0.6 is 0 Å². The lowest BCUT2D eigenvalue weighted by atomic mass is 10.1. The molecule has 3 nitrogen and oxygen atoms in total. The van der Waals surface area contributed by atoms with E-state index in [2.05, 4.69) is 29.2 Å². The third-order valence-corrected chi connectivity index (χ3v) is 2.79. The van der Waals surface area contributed by atoms with Crippen LogP contribution < -0.4 is 5.32 Å². The van der Waals surface area contributed by atoms with Gasteiger partial charge in [0, 0.05) is 25.3 Å². The summed E-state index contributed by atoms with van der Waals surface area (Å²) in [6.07, 6.45) is 1.83. The van der Waals surface area contributed by atoms with Crippen molar-refractivity contribution in [2.24, 2.45) is 5.92 Å². The molecule has 1 N–H and O–H groups in total. The molecule has 2 heterocycles. The average Bonchev–Trinajstić information content (AvgIpc) is 2.47. The van der Waals surface area contributed by atoms with Gasteiger partial charge in [0.15, 0.2) is 0 Å². The van der Waals surface area contributed by atoms with Crippen molar-refractivity contribution in [2.45, 2.75) is 13.0 Å². The summed E-state index contributed by atoms with van der Waals surface area (Å²) in [6.45, 7) is 4.56. The maximum atomic E-state index is 4.27. The number of likely N-dealkylation sites (tertiary alicyclic amines) is 1. The fourth-order valence-electron chi connectivity index (χ4n) is 2.04. The number of rotatable bonds is 2. The summed E-state index contributed by atoms with van der Waals surface area (Å²) in [7, 11) is 2.16. The molecular formula is C11H17N3. The molecule has 2 rings (SSSR count). The third kappa shape index (κ3) is 2.04. The Hall–Kier alpha value is -1.09. The zero-order valence-corrected chi connectivity index (χ0v) is 8.77. The third-order valence-electron chi connectivity index (χ3n) is 2.79. The largest absolute Gasteiger partial charge is 0.366 e. The summed E-state index contributed by atoms with van der Waals surface area (Å²) in [5, 5.41) is 3.47. The number of pyridine rings is 1. The minimum Gasteiger partial charge on any atom is -0.366 e.